The number of amides is 1. The van der Waals surface area contributed by atoms with Gasteiger partial charge in [0.2, 0.25) is 5.67 Å². The van der Waals surface area contributed by atoms with Gasteiger partial charge in [0.25, 0.3) is 5.91 Å². The second kappa shape index (κ2) is 11.5. The van der Waals surface area contributed by atoms with E-state index >= 15 is 4.39 Å². The van der Waals surface area contributed by atoms with Crippen LogP contribution < -0.4 is 4.90 Å². The van der Waals surface area contributed by atoms with Crippen LogP contribution in [0.4, 0.5) is 23.2 Å². The van der Waals surface area contributed by atoms with Gasteiger partial charge in [-0.05, 0) is 75.0 Å². The smallest absolute Gasteiger partial charge is 0.416 e. The number of aliphatic hydroxyl groups is 1. The largest absolute Gasteiger partial charge is 0.481 e. The molecule has 1 saturated carbocycles. The zero-order valence-electron chi connectivity index (χ0n) is 22.7. The van der Waals surface area contributed by atoms with Gasteiger partial charge in [0.15, 0.2) is 0 Å². The van der Waals surface area contributed by atoms with Crippen LogP contribution in [0.5, 0.6) is 0 Å². The molecule has 1 amide bonds. The van der Waals surface area contributed by atoms with E-state index in [1.54, 1.807) is 4.90 Å². The monoisotopic (exact) mass is 569 g/mol. The Morgan fingerprint density at radius 2 is 1.55 bits per heavy atom. The SMILES string of the molecule is O=C(O)C1CCN(c2cc(C(F)(F)F)ccc2C2CCN(C(=O)[C@@]3(F)CCN(C4CCC(O)CC4)C3)CC2)CC1. The minimum absolute atomic E-state index is 0.0713. The molecule has 4 fully saturated rings. The number of halogens is 4. The van der Waals surface area contributed by atoms with Crippen LogP contribution in [0, 0.1) is 5.92 Å². The summed E-state index contributed by atoms with van der Waals surface area (Å²) in [6.07, 6.45) is 0.164. The number of likely N-dealkylation sites (tertiary alicyclic amines) is 2. The fraction of sp³-hybridized carbons (Fsp3) is 0.724. The Hall–Kier alpha value is -2.40. The van der Waals surface area contributed by atoms with Crippen molar-refractivity contribution in [2.24, 2.45) is 5.92 Å². The van der Waals surface area contributed by atoms with E-state index in [0.29, 0.717) is 76.9 Å². The van der Waals surface area contributed by atoms with Gasteiger partial charge in [0, 0.05) is 57.4 Å². The van der Waals surface area contributed by atoms with Crippen molar-refractivity contribution in [3.8, 4) is 0 Å². The summed E-state index contributed by atoms with van der Waals surface area (Å²) in [7, 11) is 0. The van der Waals surface area contributed by atoms with E-state index in [2.05, 4.69) is 4.90 Å². The van der Waals surface area contributed by atoms with E-state index in [0.717, 1.165) is 24.5 Å². The minimum atomic E-state index is -4.50. The highest BCUT2D eigenvalue weighted by atomic mass is 19.4. The quantitative estimate of drug-likeness (QED) is 0.511. The van der Waals surface area contributed by atoms with Gasteiger partial charge < -0.3 is 20.0 Å². The van der Waals surface area contributed by atoms with E-state index < -0.39 is 35.2 Å². The Kier molecular flexibility index (Phi) is 8.34. The topological polar surface area (TPSA) is 84.3 Å². The number of piperidine rings is 2. The Morgan fingerprint density at radius 3 is 2.15 bits per heavy atom. The maximum absolute atomic E-state index is 15.9. The molecule has 5 rings (SSSR count). The number of rotatable bonds is 5. The fourth-order valence-corrected chi connectivity index (χ4v) is 7.09. The lowest BCUT2D eigenvalue weighted by Crippen LogP contribution is -2.51. The number of carbonyl (C=O) groups excluding carboxylic acids is 1. The molecule has 0 bridgehead atoms. The lowest BCUT2D eigenvalue weighted by Gasteiger charge is -2.39. The van der Waals surface area contributed by atoms with Crippen molar-refractivity contribution >= 4 is 17.6 Å². The molecule has 1 aromatic carbocycles. The molecule has 0 radical (unpaired) electrons. The number of hydrogen-bond acceptors (Lipinski definition) is 5. The number of carbonyl (C=O) groups is 2. The molecule has 0 aromatic heterocycles. The molecule has 40 heavy (non-hydrogen) atoms. The van der Waals surface area contributed by atoms with E-state index in [4.69, 9.17) is 0 Å². The Bertz CT molecular complexity index is 1080. The van der Waals surface area contributed by atoms with Crippen molar-refractivity contribution in [1.29, 1.82) is 0 Å². The summed E-state index contributed by atoms with van der Waals surface area (Å²) in [5.74, 6) is -1.95. The van der Waals surface area contributed by atoms with Crippen LogP contribution in [0.25, 0.3) is 0 Å². The first-order chi connectivity index (χ1) is 18.9. The number of alkyl halides is 4. The number of carboxylic acid groups (broad SMARTS) is 1. The van der Waals surface area contributed by atoms with Crippen LogP contribution in [0.1, 0.15) is 74.8 Å². The molecule has 0 spiro atoms. The number of aliphatic hydroxyl groups excluding tert-OH is 1. The van der Waals surface area contributed by atoms with Gasteiger partial charge in [-0.15, -0.1) is 0 Å². The second-order valence-corrected chi connectivity index (χ2v) is 12.1. The standard InChI is InChI=1S/C29H39F4N3O4/c30-28(11-16-36(18-28)22-2-4-23(37)5-3-22)27(40)35-14-7-19(8-15-35)24-6-1-21(29(31,32)33)17-25(24)34-12-9-20(10-13-34)26(38)39/h1,6,17,19-20,22-23,37H,2-5,7-16,18H2,(H,38,39)/t22?,23?,28-/m1/s1. The van der Waals surface area contributed by atoms with Gasteiger partial charge in [0.1, 0.15) is 0 Å². The number of hydrogen-bond donors (Lipinski definition) is 2. The normalized spacial score (nSPS) is 29.6. The van der Waals surface area contributed by atoms with Gasteiger partial charge in [0.05, 0.1) is 17.6 Å². The lowest BCUT2D eigenvalue weighted by atomic mass is 9.86. The van der Waals surface area contributed by atoms with Crippen LogP contribution in [-0.2, 0) is 15.8 Å². The molecule has 3 aliphatic heterocycles. The summed E-state index contributed by atoms with van der Waals surface area (Å²) in [6, 6.07) is 3.98. The number of benzene rings is 1. The van der Waals surface area contributed by atoms with Crippen molar-refractivity contribution in [2.75, 3.05) is 44.2 Å². The number of nitrogens with zero attached hydrogens (tertiary/aromatic N) is 3. The van der Waals surface area contributed by atoms with Gasteiger partial charge in [-0.1, -0.05) is 6.07 Å². The lowest BCUT2D eigenvalue weighted by molar-refractivity contribution is -0.144. The zero-order chi connectivity index (χ0) is 28.7. The third-order valence-corrected chi connectivity index (χ3v) is 9.58. The molecule has 1 aliphatic carbocycles. The van der Waals surface area contributed by atoms with E-state index in [-0.39, 0.29) is 31.0 Å². The third-order valence-electron chi connectivity index (χ3n) is 9.58. The molecule has 11 heteroatoms. The molecular weight excluding hydrogens is 530 g/mol. The highest BCUT2D eigenvalue weighted by Gasteiger charge is 2.49. The van der Waals surface area contributed by atoms with Gasteiger partial charge in [-0.2, -0.15) is 13.2 Å². The van der Waals surface area contributed by atoms with Gasteiger partial charge in [-0.25, -0.2) is 4.39 Å². The highest BCUT2D eigenvalue weighted by Crippen LogP contribution is 2.41. The van der Waals surface area contributed by atoms with Gasteiger partial charge >= 0.3 is 12.1 Å². The van der Waals surface area contributed by atoms with E-state index in [9.17, 15) is 33.0 Å². The third kappa shape index (κ3) is 6.10. The first kappa shape index (κ1) is 29.1. The molecule has 3 saturated heterocycles. The molecule has 222 valence electrons. The molecule has 7 nitrogen and oxygen atoms in total. The molecule has 1 atom stereocenters. The summed E-state index contributed by atoms with van der Waals surface area (Å²) < 4.78 is 56.6. The van der Waals surface area contributed by atoms with Crippen molar-refractivity contribution in [3.63, 3.8) is 0 Å². The first-order valence-electron chi connectivity index (χ1n) is 14.5. The van der Waals surface area contributed by atoms with Crippen LogP contribution >= 0.6 is 0 Å². The second-order valence-electron chi connectivity index (χ2n) is 12.1. The van der Waals surface area contributed by atoms with Crippen molar-refractivity contribution in [1.82, 2.24) is 9.80 Å². The first-order valence-corrected chi connectivity index (χ1v) is 14.5. The van der Waals surface area contributed by atoms with Crippen LogP contribution in [0.15, 0.2) is 18.2 Å². The fourth-order valence-electron chi connectivity index (χ4n) is 7.09. The molecular formula is C29H39F4N3O4. The minimum Gasteiger partial charge on any atom is -0.481 e. The maximum atomic E-state index is 15.9. The predicted octanol–water partition coefficient (Wildman–Crippen LogP) is 4.43. The molecule has 4 aliphatic rings. The van der Waals surface area contributed by atoms with Crippen molar-refractivity contribution in [2.45, 2.75) is 87.7 Å². The average molecular weight is 570 g/mol. The molecule has 0 unspecified atom stereocenters. The van der Waals surface area contributed by atoms with Gasteiger partial charge in [-0.3, -0.25) is 14.5 Å². The van der Waals surface area contributed by atoms with Crippen molar-refractivity contribution in [3.05, 3.63) is 29.3 Å². The number of aliphatic carboxylic acids is 1. The number of carboxylic acids is 1. The van der Waals surface area contributed by atoms with E-state index in [1.807, 2.05) is 4.90 Å². The Balaban J connectivity index is 1.24. The summed E-state index contributed by atoms with van der Waals surface area (Å²) in [4.78, 5) is 30.2. The van der Waals surface area contributed by atoms with Crippen LogP contribution in [0.2, 0.25) is 0 Å². The Labute approximate surface area is 232 Å². The van der Waals surface area contributed by atoms with Crippen LogP contribution in [-0.4, -0.2) is 89.0 Å². The average Bonchev–Trinajstić information content (AvgIpc) is 3.35. The maximum Gasteiger partial charge on any atom is 0.416 e. The molecule has 1 aromatic rings. The van der Waals surface area contributed by atoms with Crippen molar-refractivity contribution < 1.29 is 37.4 Å². The summed E-state index contributed by atoms with van der Waals surface area (Å²) >= 11 is 0. The summed E-state index contributed by atoms with van der Waals surface area (Å²) in [5, 5.41) is 19.1. The van der Waals surface area contributed by atoms with E-state index in [1.165, 1.54) is 12.1 Å². The van der Waals surface area contributed by atoms with Crippen LogP contribution in [0.3, 0.4) is 0 Å². The highest BCUT2D eigenvalue weighted by molar-refractivity contribution is 5.86. The zero-order valence-corrected chi connectivity index (χ0v) is 22.7. The Morgan fingerprint density at radius 1 is 0.900 bits per heavy atom. The summed E-state index contributed by atoms with van der Waals surface area (Å²) in [6.45, 7) is 2.00. The molecule has 2 N–H and O–H groups in total. The summed E-state index contributed by atoms with van der Waals surface area (Å²) in [5.41, 5.74) is -1.42. The molecule has 3 heterocycles. The predicted molar refractivity (Wildman–Crippen MR) is 141 cm³/mol. The number of anilines is 1.